The van der Waals surface area contributed by atoms with Crippen LogP contribution in [0.25, 0.3) is 0 Å². The zero-order valence-electron chi connectivity index (χ0n) is 23.5. The Morgan fingerprint density at radius 3 is 2.44 bits per heavy atom. The number of anilines is 1. The Hall–Kier alpha value is -3.79. The first-order chi connectivity index (χ1) is 20.0. The Balaban J connectivity index is 1.04. The monoisotopic (exact) mass is 562 g/mol. The van der Waals surface area contributed by atoms with Gasteiger partial charge in [-0.2, -0.15) is 0 Å². The molecule has 4 aliphatic heterocycles. The third-order valence-corrected chi connectivity index (χ3v) is 8.79. The van der Waals surface area contributed by atoms with E-state index in [0.717, 1.165) is 43.6 Å². The van der Waals surface area contributed by atoms with Crippen LogP contribution in [0.15, 0.2) is 42.5 Å². The van der Waals surface area contributed by atoms with Gasteiger partial charge in [-0.1, -0.05) is 18.2 Å². The van der Waals surface area contributed by atoms with Crippen LogP contribution in [0.5, 0.6) is 11.5 Å². The van der Waals surface area contributed by atoms with Gasteiger partial charge < -0.3 is 29.3 Å². The van der Waals surface area contributed by atoms with E-state index in [1.54, 1.807) is 24.1 Å². The van der Waals surface area contributed by atoms with E-state index in [4.69, 9.17) is 14.2 Å². The highest BCUT2D eigenvalue weighted by atomic mass is 16.6. The van der Waals surface area contributed by atoms with Crippen molar-refractivity contribution >= 4 is 23.6 Å². The number of piperidine rings is 2. The Morgan fingerprint density at radius 1 is 0.951 bits per heavy atom. The number of rotatable bonds is 6. The smallest absolute Gasteiger partial charge is 0.414 e. The number of hydrogen-bond acceptors (Lipinski definition) is 7. The Labute approximate surface area is 240 Å². The van der Waals surface area contributed by atoms with Crippen molar-refractivity contribution in [2.45, 2.75) is 50.9 Å². The number of amides is 3. The quantitative estimate of drug-likeness (QED) is 0.576. The molecule has 1 atom stereocenters. The van der Waals surface area contributed by atoms with Gasteiger partial charge in [0, 0.05) is 63.2 Å². The molecule has 3 amide bonds. The summed E-state index contributed by atoms with van der Waals surface area (Å²) in [5.41, 5.74) is 2.39. The predicted molar refractivity (Wildman–Crippen MR) is 152 cm³/mol. The number of methoxy groups -OCH3 is 1. The summed E-state index contributed by atoms with van der Waals surface area (Å²) < 4.78 is 17.3. The van der Waals surface area contributed by atoms with Crippen molar-refractivity contribution in [3.63, 3.8) is 0 Å². The van der Waals surface area contributed by atoms with E-state index in [0.29, 0.717) is 62.7 Å². The number of benzene rings is 2. The molecule has 10 nitrogen and oxygen atoms in total. The number of cyclic esters (lactones) is 1. The molecule has 218 valence electrons. The van der Waals surface area contributed by atoms with Crippen LogP contribution in [0, 0.1) is 5.92 Å². The van der Waals surface area contributed by atoms with E-state index in [-0.39, 0.29) is 36.0 Å². The summed E-state index contributed by atoms with van der Waals surface area (Å²) in [5, 5.41) is 3.27. The number of hydrogen-bond donors (Lipinski definition) is 1. The Morgan fingerprint density at radius 2 is 1.71 bits per heavy atom. The van der Waals surface area contributed by atoms with Crippen molar-refractivity contribution in [1.82, 2.24) is 15.1 Å². The zero-order valence-corrected chi connectivity index (χ0v) is 23.5. The topological polar surface area (TPSA) is 101 Å². The fourth-order valence-electron chi connectivity index (χ4n) is 6.45. The van der Waals surface area contributed by atoms with Crippen LogP contribution in [0.3, 0.4) is 0 Å². The van der Waals surface area contributed by atoms with E-state index in [2.05, 4.69) is 5.32 Å². The summed E-state index contributed by atoms with van der Waals surface area (Å²) in [4.78, 5) is 44.4. The number of nitrogens with one attached hydrogen (secondary N) is 1. The maximum atomic E-state index is 13.5. The maximum Gasteiger partial charge on any atom is 0.414 e. The molecule has 0 spiro atoms. The molecule has 0 aliphatic carbocycles. The predicted octanol–water partition coefficient (Wildman–Crippen LogP) is 3.44. The summed E-state index contributed by atoms with van der Waals surface area (Å²) >= 11 is 0. The van der Waals surface area contributed by atoms with E-state index >= 15 is 0 Å². The Bertz CT molecular complexity index is 1280. The molecule has 0 aromatic heterocycles. The molecule has 2 aromatic carbocycles. The average Bonchev–Trinajstić information content (AvgIpc) is 3.56. The lowest BCUT2D eigenvalue weighted by molar-refractivity contribution is -0.136. The SMILES string of the molecule is COc1cc(OC2CCN(C(=O)C3CCNC3)CC2)ccc1C(=O)N1CCC(N2C(=O)OCc3ccccc32)CC1. The van der Waals surface area contributed by atoms with Crippen LogP contribution in [-0.4, -0.2) is 86.2 Å². The van der Waals surface area contributed by atoms with Gasteiger partial charge in [-0.3, -0.25) is 14.5 Å². The molecule has 1 unspecified atom stereocenters. The number of para-hydroxylation sites is 1. The largest absolute Gasteiger partial charge is 0.496 e. The molecular formula is C31H38N4O6. The first kappa shape index (κ1) is 27.4. The van der Waals surface area contributed by atoms with E-state index in [9.17, 15) is 14.4 Å². The minimum absolute atomic E-state index is 0.0117. The first-order valence-corrected chi connectivity index (χ1v) is 14.7. The second-order valence-electron chi connectivity index (χ2n) is 11.3. The first-order valence-electron chi connectivity index (χ1n) is 14.7. The van der Waals surface area contributed by atoms with Crippen molar-refractivity contribution < 1.29 is 28.6 Å². The summed E-state index contributed by atoms with van der Waals surface area (Å²) in [6.45, 7) is 4.45. The summed E-state index contributed by atoms with van der Waals surface area (Å²) in [6.07, 6.45) is 3.48. The van der Waals surface area contributed by atoms with E-state index < -0.39 is 0 Å². The molecule has 0 radical (unpaired) electrons. The standard InChI is InChI=1S/C31H38N4O6/c1-39-28-18-25(41-24-11-16-33(17-12-24)29(36)21-8-13-32-19-21)6-7-26(28)30(37)34-14-9-23(10-15-34)35-27-5-3-2-4-22(27)20-40-31(35)38/h2-7,18,21,23-24,32H,8-17,19-20H2,1H3. The Kier molecular flexibility index (Phi) is 8.00. The number of nitrogens with zero attached hydrogens (tertiary/aromatic N) is 3. The zero-order chi connectivity index (χ0) is 28.3. The van der Waals surface area contributed by atoms with Crippen molar-refractivity contribution in [3.05, 3.63) is 53.6 Å². The fourth-order valence-corrected chi connectivity index (χ4v) is 6.45. The lowest BCUT2D eigenvalue weighted by Crippen LogP contribution is -2.50. The van der Waals surface area contributed by atoms with Gasteiger partial charge in [0.2, 0.25) is 5.91 Å². The molecule has 10 heteroatoms. The normalized spacial score (nSPS) is 21.8. The number of fused-ring (bicyclic) bond motifs is 1. The minimum atomic E-state index is -0.325. The van der Waals surface area contributed by atoms with Crippen LogP contribution in [0.4, 0.5) is 10.5 Å². The fraction of sp³-hybridized carbons (Fsp3) is 0.516. The second-order valence-corrected chi connectivity index (χ2v) is 11.3. The van der Waals surface area contributed by atoms with Crippen molar-refractivity contribution in [3.8, 4) is 11.5 Å². The number of carbonyl (C=O) groups is 3. The lowest BCUT2D eigenvalue weighted by atomic mass is 10.00. The average molecular weight is 563 g/mol. The second kappa shape index (κ2) is 12.0. The van der Waals surface area contributed by atoms with Crippen LogP contribution in [-0.2, 0) is 16.1 Å². The summed E-state index contributed by atoms with van der Waals surface area (Å²) in [7, 11) is 1.56. The van der Waals surface area contributed by atoms with Gasteiger partial charge in [-0.15, -0.1) is 0 Å². The van der Waals surface area contributed by atoms with E-state index in [1.165, 1.54) is 0 Å². The molecule has 4 heterocycles. The molecule has 3 saturated heterocycles. The van der Waals surface area contributed by atoms with Gasteiger partial charge in [-0.25, -0.2) is 4.79 Å². The summed E-state index contributed by atoms with van der Waals surface area (Å²) in [5.74, 6) is 1.39. The van der Waals surface area contributed by atoms with E-state index in [1.807, 2.05) is 40.1 Å². The third kappa shape index (κ3) is 5.70. The number of likely N-dealkylation sites (tertiary alicyclic amines) is 2. The summed E-state index contributed by atoms with van der Waals surface area (Å²) in [6, 6.07) is 13.2. The number of carbonyl (C=O) groups excluding carboxylic acids is 3. The highest BCUT2D eigenvalue weighted by Crippen LogP contribution is 2.33. The molecule has 6 rings (SSSR count). The van der Waals surface area contributed by atoms with Gasteiger partial charge in [0.25, 0.3) is 5.91 Å². The van der Waals surface area contributed by atoms with Crippen molar-refractivity contribution in [2.24, 2.45) is 5.92 Å². The van der Waals surface area contributed by atoms with Crippen LogP contribution < -0.4 is 19.7 Å². The molecule has 1 N–H and O–H groups in total. The molecule has 0 saturated carbocycles. The molecule has 4 aliphatic rings. The minimum Gasteiger partial charge on any atom is -0.496 e. The third-order valence-electron chi connectivity index (χ3n) is 8.79. The molecule has 0 bridgehead atoms. The van der Waals surface area contributed by atoms with Gasteiger partial charge in [0.1, 0.15) is 24.2 Å². The highest BCUT2D eigenvalue weighted by Gasteiger charge is 2.36. The van der Waals surface area contributed by atoms with Crippen molar-refractivity contribution in [1.29, 1.82) is 0 Å². The lowest BCUT2D eigenvalue weighted by Gasteiger charge is -2.40. The molecule has 3 fully saturated rings. The highest BCUT2D eigenvalue weighted by molar-refractivity contribution is 5.97. The van der Waals surface area contributed by atoms with Crippen molar-refractivity contribution in [2.75, 3.05) is 51.3 Å². The molecular weight excluding hydrogens is 524 g/mol. The van der Waals surface area contributed by atoms with Crippen LogP contribution in [0.1, 0.15) is 48.0 Å². The van der Waals surface area contributed by atoms with Gasteiger partial charge in [0.15, 0.2) is 0 Å². The maximum absolute atomic E-state index is 13.5. The molecule has 2 aromatic rings. The number of ether oxygens (including phenoxy) is 3. The van der Waals surface area contributed by atoms with Crippen LogP contribution in [0.2, 0.25) is 0 Å². The van der Waals surface area contributed by atoms with Gasteiger partial charge in [-0.05, 0) is 44.0 Å². The molecule has 41 heavy (non-hydrogen) atoms. The van der Waals surface area contributed by atoms with Gasteiger partial charge in [0.05, 0.1) is 24.3 Å². The van der Waals surface area contributed by atoms with Crippen LogP contribution >= 0.6 is 0 Å². The van der Waals surface area contributed by atoms with Gasteiger partial charge >= 0.3 is 6.09 Å².